The molecule has 0 atom stereocenters. The molecule has 2 aromatic heterocycles. The Morgan fingerprint density at radius 3 is 2.88 bits per heavy atom. The fourth-order valence-electron chi connectivity index (χ4n) is 1.74. The summed E-state index contributed by atoms with van der Waals surface area (Å²) in [5.74, 6) is 0. The fraction of sp³-hybridized carbons (Fsp3) is 0.385. The van der Waals surface area contributed by atoms with E-state index in [0.29, 0.717) is 0 Å². The summed E-state index contributed by atoms with van der Waals surface area (Å²) < 4.78 is 1.97. The van der Waals surface area contributed by atoms with Gasteiger partial charge in [0, 0.05) is 24.6 Å². The Morgan fingerprint density at radius 1 is 1.29 bits per heavy atom. The van der Waals surface area contributed by atoms with Crippen LogP contribution < -0.4 is 5.32 Å². The van der Waals surface area contributed by atoms with E-state index in [0.717, 1.165) is 31.0 Å². The first kappa shape index (κ1) is 11.8. The van der Waals surface area contributed by atoms with E-state index in [1.54, 1.807) is 0 Å². The van der Waals surface area contributed by atoms with Gasteiger partial charge in [-0.05, 0) is 31.2 Å². The Labute approximate surface area is 102 Å². The highest BCUT2D eigenvalue weighted by molar-refractivity contribution is 5.20. The molecule has 0 radical (unpaired) electrons. The maximum absolute atomic E-state index is 4.45. The first-order valence-corrected chi connectivity index (χ1v) is 5.93. The molecule has 0 fully saturated rings. The Hall–Kier alpha value is -1.68. The van der Waals surface area contributed by atoms with Gasteiger partial charge in [-0.25, -0.2) is 0 Å². The third-order valence-corrected chi connectivity index (χ3v) is 2.78. The summed E-state index contributed by atoms with van der Waals surface area (Å²) in [6.07, 6.45) is 3.66. The molecule has 0 aliphatic rings. The zero-order chi connectivity index (χ0) is 12.1. The number of pyridine rings is 1. The number of hydrogen-bond donors (Lipinski definition) is 1. The fourth-order valence-corrected chi connectivity index (χ4v) is 1.74. The van der Waals surface area contributed by atoms with Crippen molar-refractivity contribution in [3.8, 4) is 0 Å². The molecule has 4 heteroatoms. The topological polar surface area (TPSA) is 42.7 Å². The lowest BCUT2D eigenvalue weighted by Crippen LogP contribution is -2.15. The van der Waals surface area contributed by atoms with Crippen LogP contribution in [-0.4, -0.2) is 21.3 Å². The predicted molar refractivity (Wildman–Crippen MR) is 67.7 cm³/mol. The van der Waals surface area contributed by atoms with E-state index in [4.69, 9.17) is 0 Å². The second kappa shape index (κ2) is 5.59. The number of aromatic nitrogens is 3. The van der Waals surface area contributed by atoms with Crippen molar-refractivity contribution in [1.29, 1.82) is 0 Å². The highest BCUT2D eigenvalue weighted by Gasteiger charge is 2.05. The van der Waals surface area contributed by atoms with E-state index in [2.05, 4.69) is 35.3 Å². The standard InChI is InChI=1S/C13H18N4/c1-3-14-9-12-5-4-7-15-13(12)10-17-11(2)6-8-16-17/h4-8,14H,3,9-10H2,1-2H3. The van der Waals surface area contributed by atoms with Crippen LogP contribution in [0.2, 0.25) is 0 Å². The normalized spacial score (nSPS) is 10.7. The van der Waals surface area contributed by atoms with Crippen LogP contribution in [0.3, 0.4) is 0 Å². The summed E-state index contributed by atoms with van der Waals surface area (Å²) in [5, 5.41) is 7.62. The zero-order valence-electron chi connectivity index (χ0n) is 10.3. The average molecular weight is 230 g/mol. The van der Waals surface area contributed by atoms with Gasteiger partial charge >= 0.3 is 0 Å². The summed E-state index contributed by atoms with van der Waals surface area (Å²) in [6.45, 7) is 6.73. The molecule has 2 aromatic rings. The summed E-state index contributed by atoms with van der Waals surface area (Å²) in [5.41, 5.74) is 3.48. The van der Waals surface area contributed by atoms with Gasteiger partial charge in [0.1, 0.15) is 0 Å². The van der Waals surface area contributed by atoms with Crippen LogP contribution in [0.1, 0.15) is 23.9 Å². The molecule has 2 rings (SSSR count). The molecule has 0 amide bonds. The lowest BCUT2D eigenvalue weighted by molar-refractivity contribution is 0.636. The van der Waals surface area contributed by atoms with Crippen molar-refractivity contribution >= 4 is 0 Å². The number of nitrogens with one attached hydrogen (secondary N) is 1. The van der Waals surface area contributed by atoms with E-state index in [1.807, 2.05) is 29.2 Å². The predicted octanol–water partition coefficient (Wildman–Crippen LogP) is 1.74. The molecule has 0 spiro atoms. The molecule has 0 aromatic carbocycles. The van der Waals surface area contributed by atoms with E-state index in [-0.39, 0.29) is 0 Å². The molecular formula is C13H18N4. The maximum atomic E-state index is 4.45. The van der Waals surface area contributed by atoms with E-state index >= 15 is 0 Å². The summed E-state index contributed by atoms with van der Waals surface area (Å²) in [4.78, 5) is 4.45. The number of nitrogens with zero attached hydrogens (tertiary/aromatic N) is 3. The molecule has 0 aliphatic carbocycles. The van der Waals surface area contributed by atoms with Crippen LogP contribution in [0, 0.1) is 6.92 Å². The van der Waals surface area contributed by atoms with Crippen LogP contribution in [0.4, 0.5) is 0 Å². The van der Waals surface area contributed by atoms with Crippen molar-refractivity contribution in [3.63, 3.8) is 0 Å². The van der Waals surface area contributed by atoms with E-state index in [1.165, 1.54) is 5.56 Å². The van der Waals surface area contributed by atoms with Crippen LogP contribution in [0.5, 0.6) is 0 Å². The molecule has 17 heavy (non-hydrogen) atoms. The Morgan fingerprint density at radius 2 is 2.18 bits per heavy atom. The van der Waals surface area contributed by atoms with Crippen LogP contribution >= 0.6 is 0 Å². The highest BCUT2D eigenvalue weighted by Crippen LogP contribution is 2.08. The molecular weight excluding hydrogens is 212 g/mol. The molecule has 0 saturated heterocycles. The van der Waals surface area contributed by atoms with Gasteiger partial charge in [0.25, 0.3) is 0 Å². The first-order chi connectivity index (χ1) is 8.31. The van der Waals surface area contributed by atoms with Crippen molar-refractivity contribution < 1.29 is 0 Å². The van der Waals surface area contributed by atoms with Gasteiger partial charge in [0.2, 0.25) is 0 Å². The third-order valence-electron chi connectivity index (χ3n) is 2.78. The third kappa shape index (κ3) is 2.91. The second-order valence-corrected chi connectivity index (χ2v) is 4.02. The zero-order valence-corrected chi connectivity index (χ0v) is 10.3. The van der Waals surface area contributed by atoms with Crippen molar-refractivity contribution in [2.75, 3.05) is 6.54 Å². The Bertz CT molecular complexity index is 476. The summed E-state index contributed by atoms with van der Waals surface area (Å²) in [7, 11) is 0. The molecule has 90 valence electrons. The molecule has 4 nitrogen and oxygen atoms in total. The molecule has 0 saturated carbocycles. The van der Waals surface area contributed by atoms with Gasteiger partial charge in [0.05, 0.1) is 12.2 Å². The number of rotatable bonds is 5. The highest BCUT2D eigenvalue weighted by atomic mass is 15.3. The van der Waals surface area contributed by atoms with E-state index < -0.39 is 0 Å². The van der Waals surface area contributed by atoms with Gasteiger partial charge in [-0.2, -0.15) is 5.10 Å². The first-order valence-electron chi connectivity index (χ1n) is 5.93. The van der Waals surface area contributed by atoms with Gasteiger partial charge in [-0.15, -0.1) is 0 Å². The lowest BCUT2D eigenvalue weighted by Gasteiger charge is -2.10. The number of aryl methyl sites for hydroxylation is 1. The molecule has 0 unspecified atom stereocenters. The molecule has 2 heterocycles. The smallest absolute Gasteiger partial charge is 0.0837 e. The SMILES string of the molecule is CCNCc1cccnc1Cn1nccc1C. The van der Waals surface area contributed by atoms with E-state index in [9.17, 15) is 0 Å². The monoisotopic (exact) mass is 230 g/mol. The van der Waals surface area contributed by atoms with Gasteiger partial charge in [-0.3, -0.25) is 9.67 Å². The molecule has 0 aliphatic heterocycles. The quantitative estimate of drug-likeness (QED) is 0.851. The van der Waals surface area contributed by atoms with Crippen molar-refractivity contribution in [3.05, 3.63) is 47.5 Å². The van der Waals surface area contributed by atoms with Gasteiger partial charge in [0.15, 0.2) is 0 Å². The van der Waals surface area contributed by atoms with Gasteiger partial charge in [-0.1, -0.05) is 13.0 Å². The molecule has 0 bridgehead atoms. The molecule has 1 N–H and O–H groups in total. The van der Waals surface area contributed by atoms with Crippen molar-refractivity contribution in [2.24, 2.45) is 0 Å². The van der Waals surface area contributed by atoms with Crippen LogP contribution in [0.15, 0.2) is 30.6 Å². The minimum Gasteiger partial charge on any atom is -0.313 e. The Kier molecular flexibility index (Phi) is 3.88. The van der Waals surface area contributed by atoms with Crippen LogP contribution in [0.25, 0.3) is 0 Å². The van der Waals surface area contributed by atoms with Crippen molar-refractivity contribution in [2.45, 2.75) is 26.9 Å². The average Bonchev–Trinajstić information content (AvgIpc) is 2.74. The minimum absolute atomic E-state index is 0.737. The number of hydrogen-bond acceptors (Lipinski definition) is 3. The summed E-state index contributed by atoms with van der Waals surface area (Å²) in [6, 6.07) is 6.10. The lowest BCUT2D eigenvalue weighted by atomic mass is 10.2. The second-order valence-electron chi connectivity index (χ2n) is 4.02. The largest absolute Gasteiger partial charge is 0.313 e. The summed E-state index contributed by atoms with van der Waals surface area (Å²) >= 11 is 0. The maximum Gasteiger partial charge on any atom is 0.0837 e. The minimum atomic E-state index is 0.737. The Balaban J connectivity index is 2.17. The van der Waals surface area contributed by atoms with Gasteiger partial charge < -0.3 is 5.32 Å². The van der Waals surface area contributed by atoms with Crippen molar-refractivity contribution in [1.82, 2.24) is 20.1 Å². The van der Waals surface area contributed by atoms with Crippen LogP contribution in [-0.2, 0) is 13.1 Å².